The second-order valence-electron chi connectivity index (χ2n) is 2.08. The van der Waals surface area contributed by atoms with Crippen molar-refractivity contribution in [3.8, 4) is 0 Å². The summed E-state index contributed by atoms with van der Waals surface area (Å²) in [6.45, 7) is 0.141. The van der Waals surface area contributed by atoms with Gasteiger partial charge in [0.2, 0.25) is 10.0 Å². The van der Waals surface area contributed by atoms with Gasteiger partial charge < -0.3 is 4.98 Å². The summed E-state index contributed by atoms with van der Waals surface area (Å²) in [5.74, 6) is 0.559. The molecule has 0 bridgehead atoms. The van der Waals surface area contributed by atoms with Crippen LogP contribution in [0.4, 0.5) is 0 Å². The Balaban J connectivity index is 2.47. The number of sulfonamides is 1. The lowest BCUT2D eigenvalue weighted by atomic mass is 10.6. The summed E-state index contributed by atoms with van der Waals surface area (Å²) in [4.78, 5) is 6.58. The second kappa shape index (κ2) is 3.88. The number of imidazole rings is 1. The number of rotatable bonds is 4. The van der Waals surface area contributed by atoms with Crippen molar-refractivity contribution >= 4 is 21.6 Å². The average molecular weight is 210 g/mol. The van der Waals surface area contributed by atoms with E-state index in [1.165, 1.54) is 0 Å². The lowest BCUT2D eigenvalue weighted by molar-refractivity contribution is 0.584. The van der Waals surface area contributed by atoms with Gasteiger partial charge in [0, 0.05) is 12.4 Å². The van der Waals surface area contributed by atoms with Crippen LogP contribution in [0.2, 0.25) is 0 Å². The van der Waals surface area contributed by atoms with Crippen LogP contribution in [0.5, 0.6) is 0 Å². The number of halogens is 1. The minimum Gasteiger partial charge on any atom is -0.347 e. The third kappa shape index (κ3) is 2.80. The molecule has 1 aromatic heterocycles. The Bertz CT molecular complexity index is 320. The molecule has 7 heteroatoms. The Hall–Kier alpha value is -0.590. The predicted octanol–water partition coefficient (Wildman–Crippen LogP) is 0.0254. The van der Waals surface area contributed by atoms with Gasteiger partial charge in [-0.05, 0) is 0 Å². The summed E-state index contributed by atoms with van der Waals surface area (Å²) in [6.07, 6.45) is 3.16. The molecule has 5 nitrogen and oxygen atoms in total. The summed E-state index contributed by atoms with van der Waals surface area (Å²) in [6, 6.07) is 0. The highest BCUT2D eigenvalue weighted by Crippen LogP contribution is 1.92. The van der Waals surface area contributed by atoms with Crippen LogP contribution in [0.15, 0.2) is 12.4 Å². The van der Waals surface area contributed by atoms with Gasteiger partial charge in [0.05, 0.1) is 6.54 Å². The van der Waals surface area contributed by atoms with E-state index in [2.05, 4.69) is 14.7 Å². The Kier molecular flexibility index (Phi) is 3.07. The van der Waals surface area contributed by atoms with E-state index >= 15 is 0 Å². The first-order valence-corrected chi connectivity index (χ1v) is 5.34. The summed E-state index contributed by atoms with van der Waals surface area (Å²) < 4.78 is 23.9. The lowest BCUT2D eigenvalue weighted by Crippen LogP contribution is -2.24. The Labute approximate surface area is 75.2 Å². The average Bonchev–Trinajstić information content (AvgIpc) is 2.53. The first-order chi connectivity index (χ1) is 5.64. The standard InChI is InChI=1S/C5H8ClN3O2S/c6-4-12(10,11)9-3-5-7-1-2-8-5/h1-2,9H,3-4H2,(H,7,8). The number of hydrogen-bond donors (Lipinski definition) is 2. The molecule has 0 amide bonds. The van der Waals surface area contributed by atoms with E-state index in [1.54, 1.807) is 12.4 Å². The molecular formula is C5H8ClN3O2S. The van der Waals surface area contributed by atoms with Gasteiger partial charge in [-0.3, -0.25) is 0 Å². The van der Waals surface area contributed by atoms with Gasteiger partial charge in [0.1, 0.15) is 11.0 Å². The van der Waals surface area contributed by atoms with Crippen molar-refractivity contribution in [2.45, 2.75) is 6.54 Å². The monoisotopic (exact) mass is 209 g/mol. The summed E-state index contributed by atoms with van der Waals surface area (Å²) in [5, 5.41) is -0.437. The zero-order valence-corrected chi connectivity index (χ0v) is 7.69. The smallest absolute Gasteiger partial charge is 0.226 e. The van der Waals surface area contributed by atoms with Crippen LogP contribution in [0, 0.1) is 0 Å². The van der Waals surface area contributed by atoms with Crippen molar-refractivity contribution in [1.29, 1.82) is 0 Å². The number of aromatic nitrogens is 2. The number of hydrogen-bond acceptors (Lipinski definition) is 3. The third-order valence-corrected chi connectivity index (χ3v) is 2.89. The highest BCUT2D eigenvalue weighted by Gasteiger charge is 2.07. The first kappa shape index (κ1) is 9.50. The van der Waals surface area contributed by atoms with Gasteiger partial charge >= 0.3 is 0 Å². The molecule has 0 aliphatic rings. The molecule has 0 radical (unpaired) electrons. The fourth-order valence-electron chi connectivity index (χ4n) is 0.612. The van der Waals surface area contributed by atoms with Crippen LogP contribution in [-0.4, -0.2) is 23.6 Å². The Morgan fingerprint density at radius 1 is 1.67 bits per heavy atom. The Morgan fingerprint density at radius 3 is 2.92 bits per heavy atom. The molecule has 1 heterocycles. The van der Waals surface area contributed by atoms with E-state index in [4.69, 9.17) is 11.6 Å². The molecule has 0 spiro atoms. The maximum atomic E-state index is 10.8. The van der Waals surface area contributed by atoms with Crippen LogP contribution in [-0.2, 0) is 16.6 Å². The number of alkyl halides is 1. The predicted molar refractivity (Wildman–Crippen MR) is 45.1 cm³/mol. The van der Waals surface area contributed by atoms with Crippen LogP contribution in [0.3, 0.4) is 0 Å². The fourth-order valence-corrected chi connectivity index (χ4v) is 1.28. The molecule has 0 fully saturated rings. The van der Waals surface area contributed by atoms with Crippen LogP contribution in [0.1, 0.15) is 5.82 Å². The maximum absolute atomic E-state index is 10.8. The van der Waals surface area contributed by atoms with Gasteiger partial charge in [0.15, 0.2) is 0 Å². The van der Waals surface area contributed by atoms with Crippen LogP contribution < -0.4 is 4.72 Å². The largest absolute Gasteiger partial charge is 0.347 e. The Morgan fingerprint density at radius 2 is 2.42 bits per heavy atom. The molecule has 12 heavy (non-hydrogen) atoms. The minimum atomic E-state index is -3.34. The normalized spacial score (nSPS) is 11.8. The van der Waals surface area contributed by atoms with Crippen molar-refractivity contribution in [3.05, 3.63) is 18.2 Å². The summed E-state index contributed by atoms with van der Waals surface area (Å²) >= 11 is 5.15. The molecule has 0 unspecified atom stereocenters. The number of H-pyrrole nitrogens is 1. The van der Waals surface area contributed by atoms with Crippen molar-refractivity contribution in [1.82, 2.24) is 14.7 Å². The van der Waals surface area contributed by atoms with Gasteiger partial charge in [-0.2, -0.15) is 0 Å². The van der Waals surface area contributed by atoms with E-state index in [-0.39, 0.29) is 6.54 Å². The molecule has 2 N–H and O–H groups in total. The SMILES string of the molecule is O=S(=O)(CCl)NCc1ncc[nH]1. The molecule has 0 saturated carbocycles. The summed E-state index contributed by atoms with van der Waals surface area (Å²) in [7, 11) is -3.34. The van der Waals surface area contributed by atoms with Gasteiger partial charge in [-0.1, -0.05) is 0 Å². The molecule has 0 aliphatic heterocycles. The number of nitrogens with zero attached hydrogens (tertiary/aromatic N) is 1. The number of aromatic amines is 1. The van der Waals surface area contributed by atoms with Gasteiger partial charge in [0.25, 0.3) is 0 Å². The molecule has 1 aromatic rings. The highest BCUT2D eigenvalue weighted by atomic mass is 35.5. The molecule has 0 atom stereocenters. The molecule has 0 aromatic carbocycles. The highest BCUT2D eigenvalue weighted by molar-refractivity contribution is 7.90. The first-order valence-electron chi connectivity index (χ1n) is 3.15. The van der Waals surface area contributed by atoms with Crippen molar-refractivity contribution in [2.75, 3.05) is 5.21 Å². The third-order valence-electron chi connectivity index (χ3n) is 1.16. The number of nitrogens with one attached hydrogen (secondary N) is 2. The van der Waals surface area contributed by atoms with Crippen LogP contribution in [0.25, 0.3) is 0 Å². The van der Waals surface area contributed by atoms with E-state index < -0.39 is 15.2 Å². The fraction of sp³-hybridized carbons (Fsp3) is 0.400. The molecule has 1 rings (SSSR count). The van der Waals surface area contributed by atoms with E-state index in [1.807, 2.05) is 0 Å². The van der Waals surface area contributed by atoms with E-state index in [0.717, 1.165) is 0 Å². The second-order valence-corrected chi connectivity index (χ2v) is 4.47. The van der Waals surface area contributed by atoms with E-state index in [0.29, 0.717) is 5.82 Å². The quantitative estimate of drug-likeness (QED) is 0.687. The summed E-state index contributed by atoms with van der Waals surface area (Å²) in [5.41, 5.74) is 0. The molecule has 0 saturated heterocycles. The van der Waals surface area contributed by atoms with E-state index in [9.17, 15) is 8.42 Å². The molecular weight excluding hydrogens is 202 g/mol. The lowest BCUT2D eigenvalue weighted by Gasteiger charge is -1.99. The van der Waals surface area contributed by atoms with Crippen molar-refractivity contribution < 1.29 is 8.42 Å². The zero-order chi connectivity index (χ0) is 9.03. The zero-order valence-electron chi connectivity index (χ0n) is 6.12. The minimum absolute atomic E-state index is 0.141. The topological polar surface area (TPSA) is 74.8 Å². The van der Waals surface area contributed by atoms with Crippen LogP contribution >= 0.6 is 11.6 Å². The molecule has 0 aliphatic carbocycles. The van der Waals surface area contributed by atoms with Gasteiger partial charge in [-0.25, -0.2) is 18.1 Å². The van der Waals surface area contributed by atoms with Crippen molar-refractivity contribution in [2.24, 2.45) is 0 Å². The van der Waals surface area contributed by atoms with Crippen molar-refractivity contribution in [3.63, 3.8) is 0 Å². The molecule has 68 valence electrons. The van der Waals surface area contributed by atoms with Gasteiger partial charge in [-0.15, -0.1) is 11.6 Å². The maximum Gasteiger partial charge on any atom is 0.226 e.